The zero-order valence-corrected chi connectivity index (χ0v) is 9.39. The van der Waals surface area contributed by atoms with E-state index in [1.54, 1.807) is 0 Å². The van der Waals surface area contributed by atoms with E-state index in [1.807, 2.05) is 6.20 Å². The third kappa shape index (κ3) is 2.30. The molecule has 4 heteroatoms. The number of nitrogens with zero attached hydrogens (tertiary/aromatic N) is 2. The van der Waals surface area contributed by atoms with Gasteiger partial charge in [-0.2, -0.15) is 8.75 Å². The van der Waals surface area contributed by atoms with Crippen LogP contribution >= 0.6 is 11.7 Å². The normalized spacial score (nSPS) is 19.2. The molecule has 0 bridgehead atoms. The van der Waals surface area contributed by atoms with Gasteiger partial charge in [0.25, 0.3) is 0 Å². The van der Waals surface area contributed by atoms with Crippen LogP contribution < -0.4 is 5.32 Å². The molecular formula is C10H17N3S. The zero-order valence-electron chi connectivity index (χ0n) is 8.57. The summed E-state index contributed by atoms with van der Waals surface area (Å²) >= 11 is 1.31. The molecule has 1 heterocycles. The Hall–Kier alpha value is -0.480. The van der Waals surface area contributed by atoms with Crippen LogP contribution in [0.4, 0.5) is 0 Å². The lowest BCUT2D eigenvalue weighted by Gasteiger charge is -2.29. The van der Waals surface area contributed by atoms with Gasteiger partial charge in [-0.25, -0.2) is 0 Å². The van der Waals surface area contributed by atoms with E-state index in [-0.39, 0.29) is 0 Å². The molecule has 1 aliphatic rings. The van der Waals surface area contributed by atoms with E-state index >= 15 is 0 Å². The first kappa shape index (κ1) is 10.1. The Kier molecular flexibility index (Phi) is 3.48. The Morgan fingerprint density at radius 2 is 2.50 bits per heavy atom. The van der Waals surface area contributed by atoms with E-state index in [1.165, 1.54) is 37.4 Å². The lowest BCUT2D eigenvalue weighted by molar-refractivity contribution is 0.261. The van der Waals surface area contributed by atoms with Crippen LogP contribution in [0.5, 0.6) is 0 Å². The molecule has 1 aliphatic carbocycles. The van der Waals surface area contributed by atoms with Gasteiger partial charge in [0, 0.05) is 0 Å². The Bertz CT molecular complexity index is 256. The molecule has 2 rings (SSSR count). The minimum atomic E-state index is 0.434. The molecule has 0 amide bonds. The first-order valence-corrected chi connectivity index (χ1v) is 6.14. The number of aromatic nitrogens is 2. The van der Waals surface area contributed by atoms with Gasteiger partial charge in [-0.05, 0) is 18.9 Å². The highest BCUT2D eigenvalue weighted by Gasteiger charge is 2.23. The van der Waals surface area contributed by atoms with Crippen molar-refractivity contribution in [2.75, 3.05) is 6.54 Å². The number of nitrogens with one attached hydrogen (secondary N) is 1. The highest BCUT2D eigenvalue weighted by Crippen LogP contribution is 2.34. The molecule has 1 atom stereocenters. The molecule has 1 saturated carbocycles. The number of rotatable bonds is 5. The summed E-state index contributed by atoms with van der Waals surface area (Å²) in [6.07, 6.45) is 7.35. The summed E-state index contributed by atoms with van der Waals surface area (Å²) in [6, 6.07) is 0.434. The molecular weight excluding hydrogens is 194 g/mol. The van der Waals surface area contributed by atoms with Crippen LogP contribution in [-0.4, -0.2) is 15.3 Å². The van der Waals surface area contributed by atoms with Gasteiger partial charge >= 0.3 is 0 Å². The fourth-order valence-electron chi connectivity index (χ4n) is 1.94. The maximum atomic E-state index is 4.31. The fourth-order valence-corrected chi connectivity index (χ4v) is 2.41. The van der Waals surface area contributed by atoms with E-state index in [0.29, 0.717) is 6.04 Å². The van der Waals surface area contributed by atoms with Crippen LogP contribution in [-0.2, 0) is 0 Å². The van der Waals surface area contributed by atoms with E-state index in [0.717, 1.165) is 18.2 Å². The summed E-state index contributed by atoms with van der Waals surface area (Å²) in [7, 11) is 0. The Morgan fingerprint density at radius 1 is 1.64 bits per heavy atom. The summed E-state index contributed by atoms with van der Waals surface area (Å²) in [5.41, 5.74) is 1.13. The van der Waals surface area contributed by atoms with E-state index in [4.69, 9.17) is 0 Å². The van der Waals surface area contributed by atoms with Crippen molar-refractivity contribution in [3.8, 4) is 0 Å². The first-order chi connectivity index (χ1) is 6.90. The lowest BCUT2D eigenvalue weighted by Crippen LogP contribution is -2.26. The van der Waals surface area contributed by atoms with Crippen LogP contribution in [0, 0.1) is 5.92 Å². The van der Waals surface area contributed by atoms with Crippen LogP contribution in [0.2, 0.25) is 0 Å². The van der Waals surface area contributed by atoms with E-state index < -0.39 is 0 Å². The van der Waals surface area contributed by atoms with Crippen molar-refractivity contribution in [1.82, 2.24) is 14.1 Å². The molecule has 1 aromatic heterocycles. The minimum absolute atomic E-state index is 0.434. The van der Waals surface area contributed by atoms with Crippen molar-refractivity contribution < 1.29 is 0 Å². The Balaban J connectivity index is 1.92. The molecule has 1 N–H and O–H groups in total. The highest BCUT2D eigenvalue weighted by molar-refractivity contribution is 6.99. The third-order valence-electron chi connectivity index (χ3n) is 2.98. The van der Waals surface area contributed by atoms with E-state index in [2.05, 4.69) is 21.0 Å². The van der Waals surface area contributed by atoms with Gasteiger partial charge in [-0.1, -0.05) is 26.2 Å². The molecule has 0 saturated heterocycles. The maximum absolute atomic E-state index is 4.31. The van der Waals surface area contributed by atoms with Crippen LogP contribution in [0.1, 0.15) is 44.3 Å². The first-order valence-electron chi connectivity index (χ1n) is 5.41. The second-order valence-corrected chi connectivity index (χ2v) is 4.53. The molecule has 0 spiro atoms. The topological polar surface area (TPSA) is 37.8 Å². The summed E-state index contributed by atoms with van der Waals surface area (Å²) in [4.78, 5) is 0. The quantitative estimate of drug-likeness (QED) is 0.812. The largest absolute Gasteiger partial charge is 0.309 e. The molecule has 0 radical (unpaired) electrons. The summed E-state index contributed by atoms with van der Waals surface area (Å²) in [5, 5.41) is 3.49. The molecule has 3 nitrogen and oxygen atoms in total. The van der Waals surface area contributed by atoms with Crippen molar-refractivity contribution in [2.45, 2.75) is 38.6 Å². The lowest BCUT2D eigenvalue weighted by atomic mass is 9.80. The third-order valence-corrected chi connectivity index (χ3v) is 3.47. The van der Waals surface area contributed by atoms with Gasteiger partial charge in [0.2, 0.25) is 0 Å². The molecule has 0 aromatic carbocycles. The summed E-state index contributed by atoms with van der Waals surface area (Å²) in [6.45, 7) is 3.16. The molecule has 0 aliphatic heterocycles. The standard InChI is InChI=1S/C10H17N3S/c1-2-11-9(6-8-4-3-5-8)10-7-12-14-13-10/h7-9,11H,2-6H2,1H3. The molecule has 1 unspecified atom stereocenters. The second kappa shape index (κ2) is 4.84. The van der Waals surface area contributed by atoms with E-state index in [9.17, 15) is 0 Å². The van der Waals surface area contributed by atoms with Gasteiger partial charge in [-0.3, -0.25) is 0 Å². The fraction of sp³-hybridized carbons (Fsp3) is 0.800. The average Bonchev–Trinajstić information content (AvgIpc) is 2.61. The predicted octanol–water partition coefficient (Wildman–Crippen LogP) is 2.38. The summed E-state index contributed by atoms with van der Waals surface area (Å²) in [5.74, 6) is 0.917. The number of hydrogen-bond acceptors (Lipinski definition) is 4. The monoisotopic (exact) mass is 211 g/mol. The SMILES string of the molecule is CCNC(CC1CCC1)c1cnsn1. The maximum Gasteiger partial charge on any atom is 0.0912 e. The summed E-state index contributed by atoms with van der Waals surface area (Å²) < 4.78 is 8.38. The zero-order chi connectivity index (χ0) is 9.80. The van der Waals surface area contributed by atoms with Crippen molar-refractivity contribution in [2.24, 2.45) is 5.92 Å². The van der Waals surface area contributed by atoms with Crippen molar-refractivity contribution >= 4 is 11.7 Å². The van der Waals surface area contributed by atoms with Gasteiger partial charge in [0.15, 0.2) is 0 Å². The Morgan fingerprint density at radius 3 is 3.00 bits per heavy atom. The van der Waals surface area contributed by atoms with Crippen molar-refractivity contribution in [3.63, 3.8) is 0 Å². The molecule has 1 aromatic rings. The van der Waals surface area contributed by atoms with Crippen LogP contribution in [0.3, 0.4) is 0 Å². The minimum Gasteiger partial charge on any atom is -0.309 e. The van der Waals surface area contributed by atoms with Crippen molar-refractivity contribution in [3.05, 3.63) is 11.9 Å². The van der Waals surface area contributed by atoms with Gasteiger partial charge in [-0.15, -0.1) is 0 Å². The Labute approximate surface area is 89.3 Å². The van der Waals surface area contributed by atoms with Gasteiger partial charge < -0.3 is 5.32 Å². The number of hydrogen-bond donors (Lipinski definition) is 1. The molecule has 78 valence electrons. The average molecular weight is 211 g/mol. The predicted molar refractivity (Wildman–Crippen MR) is 58.3 cm³/mol. The van der Waals surface area contributed by atoms with Crippen molar-refractivity contribution in [1.29, 1.82) is 0 Å². The van der Waals surface area contributed by atoms with Gasteiger partial charge in [0.05, 0.1) is 29.7 Å². The molecule has 1 fully saturated rings. The van der Waals surface area contributed by atoms with Crippen LogP contribution in [0.25, 0.3) is 0 Å². The smallest absolute Gasteiger partial charge is 0.0912 e. The highest BCUT2D eigenvalue weighted by atomic mass is 32.1. The van der Waals surface area contributed by atoms with Crippen LogP contribution in [0.15, 0.2) is 6.20 Å². The van der Waals surface area contributed by atoms with Gasteiger partial charge in [0.1, 0.15) is 0 Å². The molecule has 14 heavy (non-hydrogen) atoms. The second-order valence-electron chi connectivity index (χ2n) is 3.98.